The van der Waals surface area contributed by atoms with Crippen LogP contribution in [0.4, 0.5) is 5.13 Å². The van der Waals surface area contributed by atoms with Crippen molar-refractivity contribution < 1.29 is 0 Å². The van der Waals surface area contributed by atoms with Crippen LogP contribution in [0.25, 0.3) is 0 Å². The molecule has 0 aliphatic heterocycles. The van der Waals surface area contributed by atoms with Gasteiger partial charge in [0, 0.05) is 25.5 Å². The van der Waals surface area contributed by atoms with Crippen LogP contribution in [0.5, 0.6) is 0 Å². The molecule has 0 unspecified atom stereocenters. The second-order valence-corrected chi connectivity index (χ2v) is 5.81. The van der Waals surface area contributed by atoms with Gasteiger partial charge in [0.15, 0.2) is 5.13 Å². The van der Waals surface area contributed by atoms with Gasteiger partial charge < -0.3 is 10.2 Å². The number of nitrogens with one attached hydrogen (secondary N) is 1. The van der Waals surface area contributed by atoms with Gasteiger partial charge in [0.25, 0.3) is 0 Å². The zero-order chi connectivity index (χ0) is 12.1. The van der Waals surface area contributed by atoms with Crippen molar-refractivity contribution in [2.45, 2.75) is 39.2 Å². The molecule has 17 heavy (non-hydrogen) atoms. The van der Waals surface area contributed by atoms with Crippen LogP contribution in [-0.4, -0.2) is 25.1 Å². The van der Waals surface area contributed by atoms with Crippen molar-refractivity contribution >= 4 is 16.5 Å². The molecule has 0 amide bonds. The van der Waals surface area contributed by atoms with Gasteiger partial charge in [0.2, 0.25) is 0 Å². The van der Waals surface area contributed by atoms with Crippen LogP contribution in [0.15, 0.2) is 5.38 Å². The van der Waals surface area contributed by atoms with Crippen molar-refractivity contribution in [2.75, 3.05) is 25.0 Å². The highest BCUT2D eigenvalue weighted by atomic mass is 32.1. The summed E-state index contributed by atoms with van der Waals surface area (Å²) in [4.78, 5) is 6.99. The molecular formula is C13H23N3S. The highest BCUT2D eigenvalue weighted by Gasteiger charge is 2.20. The fourth-order valence-electron chi connectivity index (χ4n) is 2.09. The van der Waals surface area contributed by atoms with E-state index in [-0.39, 0.29) is 0 Å². The van der Waals surface area contributed by atoms with Crippen molar-refractivity contribution in [1.82, 2.24) is 10.3 Å². The first-order chi connectivity index (χ1) is 8.29. The first kappa shape index (κ1) is 12.8. The third-order valence-corrected chi connectivity index (χ3v) is 4.36. The quantitative estimate of drug-likeness (QED) is 0.757. The molecule has 1 aliphatic carbocycles. The fraction of sp³-hybridized carbons (Fsp3) is 0.769. The molecule has 1 aliphatic rings. The molecule has 0 atom stereocenters. The average molecular weight is 253 g/mol. The minimum Gasteiger partial charge on any atom is -0.351 e. The van der Waals surface area contributed by atoms with Crippen molar-refractivity contribution in [3.05, 3.63) is 11.1 Å². The molecule has 0 radical (unpaired) electrons. The second-order valence-electron chi connectivity index (χ2n) is 4.98. The number of anilines is 1. The monoisotopic (exact) mass is 253 g/mol. The largest absolute Gasteiger partial charge is 0.351 e. The van der Waals surface area contributed by atoms with Gasteiger partial charge in [-0.05, 0) is 31.7 Å². The number of rotatable bonds is 7. The van der Waals surface area contributed by atoms with Crippen LogP contribution >= 0.6 is 11.3 Å². The topological polar surface area (TPSA) is 28.2 Å². The van der Waals surface area contributed by atoms with Crippen LogP contribution in [0.2, 0.25) is 0 Å². The van der Waals surface area contributed by atoms with E-state index < -0.39 is 0 Å². The van der Waals surface area contributed by atoms with E-state index in [9.17, 15) is 0 Å². The molecule has 4 heteroatoms. The van der Waals surface area contributed by atoms with E-state index in [0.717, 1.165) is 19.0 Å². The third-order valence-electron chi connectivity index (χ3n) is 3.36. The van der Waals surface area contributed by atoms with Crippen molar-refractivity contribution in [1.29, 1.82) is 0 Å². The summed E-state index contributed by atoms with van der Waals surface area (Å²) in [6.45, 7) is 5.34. The molecule has 0 saturated heterocycles. The van der Waals surface area contributed by atoms with Crippen LogP contribution in [-0.2, 0) is 6.54 Å². The van der Waals surface area contributed by atoms with Gasteiger partial charge in [-0.25, -0.2) is 4.98 Å². The Morgan fingerprint density at radius 3 is 3.00 bits per heavy atom. The molecule has 1 heterocycles. The average Bonchev–Trinajstić information content (AvgIpc) is 2.72. The Labute approximate surface area is 108 Å². The van der Waals surface area contributed by atoms with Crippen LogP contribution in [0.3, 0.4) is 0 Å². The van der Waals surface area contributed by atoms with E-state index in [0.29, 0.717) is 0 Å². The summed E-state index contributed by atoms with van der Waals surface area (Å²) in [6.07, 6.45) is 5.41. The lowest BCUT2D eigenvalue weighted by Gasteiger charge is -2.29. The molecule has 1 saturated carbocycles. The Bertz CT molecular complexity index is 333. The van der Waals surface area contributed by atoms with Gasteiger partial charge in [-0.3, -0.25) is 0 Å². The highest BCUT2D eigenvalue weighted by Crippen LogP contribution is 2.29. The minimum absolute atomic E-state index is 0.904. The molecule has 0 spiro atoms. The molecule has 0 bridgehead atoms. The zero-order valence-electron chi connectivity index (χ0n) is 10.9. The Balaban J connectivity index is 1.79. The molecule has 96 valence electrons. The Morgan fingerprint density at radius 1 is 1.53 bits per heavy atom. The zero-order valence-corrected chi connectivity index (χ0v) is 11.7. The molecular weight excluding hydrogens is 230 g/mol. The van der Waals surface area contributed by atoms with Crippen LogP contribution in [0, 0.1) is 5.92 Å². The maximum Gasteiger partial charge on any atom is 0.185 e. The summed E-state index contributed by atoms with van der Waals surface area (Å²) in [5.41, 5.74) is 1.18. The van der Waals surface area contributed by atoms with Gasteiger partial charge in [-0.1, -0.05) is 13.3 Å². The Hall–Kier alpha value is -0.610. The predicted octanol–water partition coefficient (Wildman–Crippen LogP) is 2.88. The number of aromatic nitrogens is 1. The SMILES string of the molecule is CCCNCc1csc(N(C)CC2CCC2)n1. The summed E-state index contributed by atoms with van der Waals surface area (Å²) >= 11 is 1.77. The fourth-order valence-corrected chi connectivity index (χ4v) is 2.89. The first-order valence-corrected chi connectivity index (χ1v) is 7.53. The molecule has 1 aromatic heterocycles. The predicted molar refractivity (Wildman–Crippen MR) is 74.7 cm³/mol. The standard InChI is InChI=1S/C13H23N3S/c1-3-7-14-8-12-10-17-13(15-12)16(2)9-11-5-4-6-11/h10-11,14H,3-9H2,1-2H3. The summed E-state index contributed by atoms with van der Waals surface area (Å²) in [6, 6.07) is 0. The van der Waals surface area contributed by atoms with Gasteiger partial charge in [0.05, 0.1) is 5.69 Å². The number of thiazole rings is 1. The molecule has 3 nitrogen and oxygen atoms in total. The van der Waals surface area contributed by atoms with E-state index in [2.05, 4.69) is 34.6 Å². The summed E-state index contributed by atoms with van der Waals surface area (Å²) in [7, 11) is 2.17. The van der Waals surface area contributed by atoms with E-state index in [1.54, 1.807) is 11.3 Å². The summed E-state index contributed by atoms with van der Waals surface area (Å²) in [5, 5.41) is 6.74. The minimum atomic E-state index is 0.904. The number of hydrogen-bond donors (Lipinski definition) is 1. The van der Waals surface area contributed by atoms with Gasteiger partial charge in [0.1, 0.15) is 0 Å². The first-order valence-electron chi connectivity index (χ1n) is 6.66. The normalized spacial score (nSPS) is 15.9. The smallest absolute Gasteiger partial charge is 0.185 e. The van der Waals surface area contributed by atoms with Gasteiger partial charge >= 0.3 is 0 Å². The maximum absolute atomic E-state index is 4.68. The molecule has 1 fully saturated rings. The van der Waals surface area contributed by atoms with E-state index in [1.807, 2.05) is 0 Å². The number of hydrogen-bond acceptors (Lipinski definition) is 4. The third kappa shape index (κ3) is 3.68. The molecule has 1 aromatic rings. The van der Waals surface area contributed by atoms with Gasteiger partial charge in [-0.2, -0.15) is 0 Å². The van der Waals surface area contributed by atoms with Crippen molar-refractivity contribution in [2.24, 2.45) is 5.92 Å². The highest BCUT2D eigenvalue weighted by molar-refractivity contribution is 7.13. The summed E-state index contributed by atoms with van der Waals surface area (Å²) < 4.78 is 0. The molecule has 1 N–H and O–H groups in total. The lowest BCUT2D eigenvalue weighted by atomic mass is 9.85. The van der Waals surface area contributed by atoms with E-state index in [4.69, 9.17) is 0 Å². The van der Waals surface area contributed by atoms with Crippen LogP contribution < -0.4 is 10.2 Å². The van der Waals surface area contributed by atoms with E-state index in [1.165, 1.54) is 43.1 Å². The lowest BCUT2D eigenvalue weighted by Crippen LogP contribution is -2.29. The lowest BCUT2D eigenvalue weighted by molar-refractivity contribution is 0.321. The van der Waals surface area contributed by atoms with Crippen molar-refractivity contribution in [3.63, 3.8) is 0 Å². The van der Waals surface area contributed by atoms with Crippen molar-refractivity contribution in [3.8, 4) is 0 Å². The number of nitrogens with zero attached hydrogens (tertiary/aromatic N) is 2. The Kier molecular flexibility index (Phi) is 4.80. The maximum atomic E-state index is 4.68. The summed E-state index contributed by atoms with van der Waals surface area (Å²) in [5.74, 6) is 0.908. The second kappa shape index (κ2) is 6.36. The van der Waals surface area contributed by atoms with Gasteiger partial charge in [-0.15, -0.1) is 11.3 Å². The van der Waals surface area contributed by atoms with Crippen LogP contribution in [0.1, 0.15) is 38.3 Å². The Morgan fingerprint density at radius 2 is 2.35 bits per heavy atom. The molecule has 2 rings (SSSR count). The molecule has 0 aromatic carbocycles. The van der Waals surface area contributed by atoms with E-state index >= 15 is 0 Å².